The predicted molar refractivity (Wildman–Crippen MR) is 124 cm³/mol. The quantitative estimate of drug-likeness (QED) is 0.448. The van der Waals surface area contributed by atoms with Gasteiger partial charge in [0.1, 0.15) is 5.75 Å². The minimum Gasteiger partial charge on any atom is -0.497 e. The second kappa shape index (κ2) is 11.4. The van der Waals surface area contributed by atoms with Gasteiger partial charge in [-0.05, 0) is 36.6 Å². The van der Waals surface area contributed by atoms with Crippen LogP contribution in [-0.2, 0) is 17.9 Å². The van der Waals surface area contributed by atoms with Gasteiger partial charge in [0.15, 0.2) is 5.96 Å². The molecule has 0 radical (unpaired) electrons. The van der Waals surface area contributed by atoms with Crippen molar-refractivity contribution in [1.29, 1.82) is 0 Å². The van der Waals surface area contributed by atoms with Crippen LogP contribution >= 0.6 is 0 Å². The summed E-state index contributed by atoms with van der Waals surface area (Å²) < 4.78 is 5.15. The van der Waals surface area contributed by atoms with Crippen molar-refractivity contribution in [1.82, 2.24) is 20.9 Å². The largest absolute Gasteiger partial charge is 0.497 e. The van der Waals surface area contributed by atoms with Crippen molar-refractivity contribution < 1.29 is 9.53 Å². The lowest BCUT2D eigenvalue weighted by Gasteiger charge is -2.21. The van der Waals surface area contributed by atoms with E-state index in [1.807, 2.05) is 30.3 Å². The highest BCUT2D eigenvalue weighted by Crippen LogP contribution is 2.20. The molecule has 1 fully saturated rings. The third-order valence-corrected chi connectivity index (χ3v) is 5.56. The topological polar surface area (TPSA) is 78.0 Å². The number of amides is 1. The van der Waals surface area contributed by atoms with Gasteiger partial charge in [0.05, 0.1) is 13.7 Å². The van der Waals surface area contributed by atoms with E-state index in [-0.39, 0.29) is 12.5 Å². The zero-order chi connectivity index (χ0) is 22.1. The molecule has 31 heavy (non-hydrogen) atoms. The van der Waals surface area contributed by atoms with E-state index in [0.29, 0.717) is 24.6 Å². The van der Waals surface area contributed by atoms with Crippen LogP contribution < -0.4 is 20.7 Å². The molecular formula is C24H33N5O2. The second-order valence-electron chi connectivity index (χ2n) is 7.89. The van der Waals surface area contributed by atoms with Crippen LogP contribution in [0, 0.1) is 0 Å². The van der Waals surface area contributed by atoms with Crippen LogP contribution in [-0.4, -0.2) is 56.1 Å². The van der Waals surface area contributed by atoms with Crippen LogP contribution in [0.15, 0.2) is 59.6 Å². The molecule has 2 atom stereocenters. The van der Waals surface area contributed by atoms with Crippen molar-refractivity contribution in [2.24, 2.45) is 4.99 Å². The van der Waals surface area contributed by atoms with Gasteiger partial charge in [-0.1, -0.05) is 42.5 Å². The zero-order valence-electron chi connectivity index (χ0n) is 18.6. The smallest absolute Gasteiger partial charge is 0.239 e. The maximum atomic E-state index is 12.2. The first-order valence-electron chi connectivity index (χ1n) is 10.7. The lowest BCUT2D eigenvalue weighted by atomic mass is 10.2. The molecule has 3 N–H and O–H groups in total. The number of carbonyl (C=O) groups excluding carboxylic acids is 1. The maximum Gasteiger partial charge on any atom is 0.239 e. The van der Waals surface area contributed by atoms with E-state index in [1.165, 1.54) is 5.56 Å². The number of carbonyl (C=O) groups is 1. The van der Waals surface area contributed by atoms with E-state index in [2.05, 4.69) is 57.0 Å². The third-order valence-electron chi connectivity index (χ3n) is 5.56. The maximum absolute atomic E-state index is 12.2. The Hall–Kier alpha value is -3.06. The Morgan fingerprint density at radius 3 is 2.52 bits per heavy atom. The molecule has 1 amide bonds. The Bertz CT molecular complexity index is 854. The predicted octanol–water partition coefficient (Wildman–Crippen LogP) is 2.14. The van der Waals surface area contributed by atoms with Gasteiger partial charge in [0, 0.05) is 38.8 Å². The Morgan fingerprint density at radius 1 is 1.10 bits per heavy atom. The molecule has 166 valence electrons. The number of aliphatic imine (C=N–C) groups is 1. The van der Waals surface area contributed by atoms with Crippen LogP contribution in [0.5, 0.6) is 5.75 Å². The fraction of sp³-hybridized carbons (Fsp3) is 0.417. The SMILES string of the molecule is CN=C(NCC(=O)NCc1ccc(OC)cc1)NC1CC(C)N(Cc2ccccc2)C1. The first-order valence-corrected chi connectivity index (χ1v) is 10.7. The number of hydrogen-bond donors (Lipinski definition) is 3. The Balaban J connectivity index is 1.40. The van der Waals surface area contributed by atoms with E-state index < -0.39 is 0 Å². The highest BCUT2D eigenvalue weighted by Gasteiger charge is 2.29. The molecule has 0 aliphatic carbocycles. The van der Waals surface area contributed by atoms with Crippen LogP contribution in [0.1, 0.15) is 24.5 Å². The first-order chi connectivity index (χ1) is 15.1. The van der Waals surface area contributed by atoms with Crippen LogP contribution in [0.3, 0.4) is 0 Å². The van der Waals surface area contributed by atoms with Gasteiger partial charge in [-0.15, -0.1) is 0 Å². The molecule has 7 nitrogen and oxygen atoms in total. The minimum absolute atomic E-state index is 0.0794. The van der Waals surface area contributed by atoms with Crippen molar-refractivity contribution in [2.75, 3.05) is 27.2 Å². The lowest BCUT2D eigenvalue weighted by molar-refractivity contribution is -0.120. The molecule has 7 heteroatoms. The van der Waals surface area contributed by atoms with Gasteiger partial charge in [-0.3, -0.25) is 14.7 Å². The third kappa shape index (κ3) is 7.00. The van der Waals surface area contributed by atoms with Gasteiger partial charge < -0.3 is 20.7 Å². The van der Waals surface area contributed by atoms with Crippen molar-refractivity contribution in [3.05, 3.63) is 65.7 Å². The molecule has 0 aromatic heterocycles. The number of rotatable bonds is 8. The number of likely N-dealkylation sites (tertiary alicyclic amines) is 1. The number of nitrogens with zero attached hydrogens (tertiary/aromatic N) is 2. The molecule has 2 unspecified atom stereocenters. The molecule has 3 rings (SSSR count). The number of nitrogens with one attached hydrogen (secondary N) is 3. The summed E-state index contributed by atoms with van der Waals surface area (Å²) in [5, 5.41) is 9.49. The van der Waals surface area contributed by atoms with Crippen molar-refractivity contribution in [3.63, 3.8) is 0 Å². The monoisotopic (exact) mass is 423 g/mol. The zero-order valence-corrected chi connectivity index (χ0v) is 18.6. The van der Waals surface area contributed by atoms with E-state index in [9.17, 15) is 4.79 Å². The summed E-state index contributed by atoms with van der Waals surface area (Å²) in [6.45, 7) is 4.80. The summed E-state index contributed by atoms with van der Waals surface area (Å²) in [7, 11) is 3.36. The van der Waals surface area contributed by atoms with E-state index in [1.54, 1.807) is 14.2 Å². The average Bonchev–Trinajstić information content (AvgIpc) is 3.14. The van der Waals surface area contributed by atoms with Crippen LogP contribution in [0.2, 0.25) is 0 Å². The molecule has 2 aromatic carbocycles. The summed E-state index contributed by atoms with van der Waals surface area (Å²) >= 11 is 0. The number of guanidine groups is 1. The molecule has 0 saturated carbocycles. The highest BCUT2D eigenvalue weighted by molar-refractivity contribution is 5.86. The van der Waals surface area contributed by atoms with Gasteiger partial charge in [0.2, 0.25) is 5.91 Å². The number of ether oxygens (including phenoxy) is 1. The number of hydrogen-bond acceptors (Lipinski definition) is 4. The van der Waals surface area contributed by atoms with Gasteiger partial charge >= 0.3 is 0 Å². The standard InChI is InChI=1S/C24H33N5O2/c1-18-13-21(17-29(18)16-20-7-5-4-6-8-20)28-24(25-2)27-15-23(30)26-14-19-9-11-22(31-3)12-10-19/h4-12,18,21H,13-17H2,1-3H3,(H,26,30)(H2,25,27,28). The summed E-state index contributed by atoms with van der Waals surface area (Å²) in [6.07, 6.45) is 1.04. The molecule has 1 aliphatic rings. The van der Waals surface area contributed by atoms with Crippen LogP contribution in [0.4, 0.5) is 0 Å². The highest BCUT2D eigenvalue weighted by atomic mass is 16.5. The number of benzene rings is 2. The molecule has 0 bridgehead atoms. The normalized spacial score (nSPS) is 19.1. The summed E-state index contributed by atoms with van der Waals surface area (Å²) in [6, 6.07) is 19.0. The molecule has 1 saturated heterocycles. The fourth-order valence-electron chi connectivity index (χ4n) is 3.80. The van der Waals surface area contributed by atoms with Gasteiger partial charge in [0.25, 0.3) is 0 Å². The summed E-state index contributed by atoms with van der Waals surface area (Å²) in [5.41, 5.74) is 2.35. The second-order valence-corrected chi connectivity index (χ2v) is 7.89. The lowest BCUT2D eigenvalue weighted by Crippen LogP contribution is -2.47. The van der Waals surface area contributed by atoms with E-state index in [0.717, 1.165) is 30.8 Å². The van der Waals surface area contributed by atoms with Crippen molar-refractivity contribution >= 4 is 11.9 Å². The van der Waals surface area contributed by atoms with Crippen molar-refractivity contribution in [3.8, 4) is 5.75 Å². The minimum atomic E-state index is -0.0794. The van der Waals surface area contributed by atoms with E-state index >= 15 is 0 Å². The molecule has 0 spiro atoms. The molecule has 2 aromatic rings. The Kier molecular flexibility index (Phi) is 8.29. The van der Waals surface area contributed by atoms with Crippen LogP contribution in [0.25, 0.3) is 0 Å². The van der Waals surface area contributed by atoms with Gasteiger partial charge in [-0.2, -0.15) is 0 Å². The fourth-order valence-corrected chi connectivity index (χ4v) is 3.80. The Labute approximate surface area is 184 Å². The van der Waals surface area contributed by atoms with Gasteiger partial charge in [-0.25, -0.2) is 0 Å². The Morgan fingerprint density at radius 2 is 1.84 bits per heavy atom. The summed E-state index contributed by atoms with van der Waals surface area (Å²) in [4.78, 5) is 19.0. The van der Waals surface area contributed by atoms with Crippen molar-refractivity contribution in [2.45, 2.75) is 38.5 Å². The number of methoxy groups -OCH3 is 1. The summed E-state index contributed by atoms with van der Waals surface area (Å²) in [5.74, 6) is 1.37. The molecule has 1 heterocycles. The van der Waals surface area contributed by atoms with E-state index in [4.69, 9.17) is 4.74 Å². The average molecular weight is 424 g/mol. The molecular weight excluding hydrogens is 390 g/mol. The first kappa shape index (κ1) is 22.6. The molecule has 1 aliphatic heterocycles.